The minimum absolute atomic E-state index is 0.220. The molecule has 1 aromatic heterocycles. The first-order chi connectivity index (χ1) is 6.22. The van der Waals surface area contributed by atoms with Crippen molar-refractivity contribution in [1.82, 2.24) is 4.98 Å². The van der Waals surface area contributed by atoms with Gasteiger partial charge in [0.2, 0.25) is 0 Å². The van der Waals surface area contributed by atoms with Crippen LogP contribution in [0, 0.1) is 5.92 Å². The lowest BCUT2D eigenvalue weighted by Gasteiger charge is -2.01. The maximum absolute atomic E-state index is 9.04. The van der Waals surface area contributed by atoms with Gasteiger partial charge in [-0.3, -0.25) is 0 Å². The van der Waals surface area contributed by atoms with Crippen LogP contribution in [-0.4, -0.2) is 16.7 Å². The summed E-state index contributed by atoms with van der Waals surface area (Å²) in [5.41, 5.74) is 2.30. The lowest BCUT2D eigenvalue weighted by molar-refractivity contribution is 0.232. The molecule has 0 saturated carbocycles. The van der Waals surface area contributed by atoms with Gasteiger partial charge in [-0.1, -0.05) is 11.6 Å². The standard InChI is InChI=1S/C9H9BrClNO/c10-9-7-2-5(4-13)1-6(7)8(11)3-12-9/h3,5,13H,1-2,4H2. The molecule has 0 bridgehead atoms. The molecule has 1 heterocycles. The Morgan fingerprint density at radius 2 is 2.23 bits per heavy atom. The van der Waals surface area contributed by atoms with Crippen molar-refractivity contribution in [2.45, 2.75) is 12.8 Å². The zero-order valence-corrected chi connectivity index (χ0v) is 9.27. The van der Waals surface area contributed by atoms with E-state index >= 15 is 0 Å². The number of rotatable bonds is 1. The summed E-state index contributed by atoms with van der Waals surface area (Å²) in [4.78, 5) is 4.12. The van der Waals surface area contributed by atoms with E-state index in [2.05, 4.69) is 20.9 Å². The normalized spacial score (nSPS) is 20.4. The van der Waals surface area contributed by atoms with E-state index in [1.165, 1.54) is 0 Å². The van der Waals surface area contributed by atoms with Crippen molar-refractivity contribution in [3.63, 3.8) is 0 Å². The highest BCUT2D eigenvalue weighted by Gasteiger charge is 2.25. The first kappa shape index (κ1) is 9.44. The lowest BCUT2D eigenvalue weighted by Crippen LogP contribution is -2.04. The van der Waals surface area contributed by atoms with Crippen LogP contribution in [0.15, 0.2) is 10.8 Å². The smallest absolute Gasteiger partial charge is 0.109 e. The number of aromatic nitrogens is 1. The summed E-state index contributed by atoms with van der Waals surface area (Å²) in [5.74, 6) is 0.313. The van der Waals surface area contributed by atoms with Gasteiger partial charge in [-0.2, -0.15) is 0 Å². The Morgan fingerprint density at radius 1 is 1.54 bits per heavy atom. The van der Waals surface area contributed by atoms with E-state index in [0.29, 0.717) is 10.9 Å². The quantitative estimate of drug-likeness (QED) is 0.787. The number of aliphatic hydroxyl groups excluding tert-OH is 1. The van der Waals surface area contributed by atoms with E-state index in [0.717, 1.165) is 28.6 Å². The highest BCUT2D eigenvalue weighted by atomic mass is 79.9. The SMILES string of the molecule is OCC1Cc2c(Cl)cnc(Br)c2C1. The Morgan fingerprint density at radius 3 is 2.85 bits per heavy atom. The summed E-state index contributed by atoms with van der Waals surface area (Å²) >= 11 is 9.39. The Bertz CT molecular complexity index is 312. The molecule has 1 unspecified atom stereocenters. The third kappa shape index (κ3) is 1.60. The summed E-state index contributed by atoms with van der Waals surface area (Å²) in [6.45, 7) is 0.220. The first-order valence-electron chi connectivity index (χ1n) is 4.15. The molecule has 0 fully saturated rings. The molecule has 0 aliphatic heterocycles. The number of halogens is 2. The molecule has 0 aromatic carbocycles. The molecule has 0 radical (unpaired) electrons. The molecule has 1 aromatic rings. The van der Waals surface area contributed by atoms with Crippen LogP contribution < -0.4 is 0 Å². The van der Waals surface area contributed by atoms with Crippen molar-refractivity contribution >= 4 is 27.5 Å². The minimum atomic E-state index is 0.220. The number of aliphatic hydroxyl groups is 1. The molecule has 13 heavy (non-hydrogen) atoms. The van der Waals surface area contributed by atoms with Gasteiger partial charge in [-0.15, -0.1) is 0 Å². The van der Waals surface area contributed by atoms with Crippen molar-refractivity contribution in [1.29, 1.82) is 0 Å². The maximum Gasteiger partial charge on any atom is 0.109 e. The molecule has 1 N–H and O–H groups in total. The van der Waals surface area contributed by atoms with E-state index < -0.39 is 0 Å². The summed E-state index contributed by atoms with van der Waals surface area (Å²) in [5, 5.41) is 9.76. The summed E-state index contributed by atoms with van der Waals surface area (Å²) in [6, 6.07) is 0. The highest BCUT2D eigenvalue weighted by molar-refractivity contribution is 9.10. The molecule has 4 heteroatoms. The second-order valence-electron chi connectivity index (χ2n) is 3.31. The van der Waals surface area contributed by atoms with Crippen LogP contribution in [0.2, 0.25) is 5.02 Å². The monoisotopic (exact) mass is 261 g/mol. The van der Waals surface area contributed by atoms with Gasteiger partial charge in [0.1, 0.15) is 4.60 Å². The predicted molar refractivity (Wildman–Crippen MR) is 54.9 cm³/mol. The predicted octanol–water partition coefficient (Wildman–Crippen LogP) is 2.20. The fourth-order valence-electron chi connectivity index (χ4n) is 1.74. The number of fused-ring (bicyclic) bond motifs is 1. The molecule has 2 nitrogen and oxygen atoms in total. The van der Waals surface area contributed by atoms with E-state index in [-0.39, 0.29) is 6.61 Å². The van der Waals surface area contributed by atoms with Gasteiger partial charge in [0.15, 0.2) is 0 Å². The van der Waals surface area contributed by atoms with Gasteiger partial charge in [-0.05, 0) is 45.8 Å². The average molecular weight is 263 g/mol. The number of hydrogen-bond donors (Lipinski definition) is 1. The zero-order chi connectivity index (χ0) is 9.42. The van der Waals surface area contributed by atoms with Crippen LogP contribution in [0.4, 0.5) is 0 Å². The van der Waals surface area contributed by atoms with Crippen LogP contribution in [0.1, 0.15) is 11.1 Å². The summed E-state index contributed by atoms with van der Waals surface area (Å²) in [6.07, 6.45) is 3.40. The Kier molecular flexibility index (Phi) is 2.58. The van der Waals surface area contributed by atoms with Crippen LogP contribution in [0.5, 0.6) is 0 Å². The van der Waals surface area contributed by atoms with Crippen molar-refractivity contribution in [2.24, 2.45) is 5.92 Å². The highest BCUT2D eigenvalue weighted by Crippen LogP contribution is 2.35. The second-order valence-corrected chi connectivity index (χ2v) is 4.47. The summed E-state index contributed by atoms with van der Waals surface area (Å²) < 4.78 is 0.864. The molecule has 1 atom stereocenters. The number of pyridine rings is 1. The van der Waals surface area contributed by atoms with Gasteiger partial charge in [0.25, 0.3) is 0 Å². The topological polar surface area (TPSA) is 33.1 Å². The van der Waals surface area contributed by atoms with Crippen molar-refractivity contribution in [3.05, 3.63) is 26.9 Å². The van der Waals surface area contributed by atoms with Crippen molar-refractivity contribution in [3.8, 4) is 0 Å². The molecule has 0 amide bonds. The molecular formula is C9H9BrClNO. The molecule has 0 spiro atoms. The fourth-order valence-corrected chi connectivity index (χ4v) is 2.49. The molecule has 70 valence electrons. The molecule has 2 rings (SSSR count). The largest absolute Gasteiger partial charge is 0.396 e. The van der Waals surface area contributed by atoms with E-state index in [1.54, 1.807) is 6.20 Å². The summed E-state index contributed by atoms with van der Waals surface area (Å²) in [7, 11) is 0. The maximum atomic E-state index is 9.04. The Balaban J connectivity index is 2.43. The number of nitrogens with zero attached hydrogens (tertiary/aromatic N) is 1. The third-order valence-corrected chi connectivity index (χ3v) is 3.45. The molecule has 0 saturated heterocycles. The minimum Gasteiger partial charge on any atom is -0.396 e. The van der Waals surface area contributed by atoms with Gasteiger partial charge in [-0.25, -0.2) is 4.98 Å². The van der Waals surface area contributed by atoms with Gasteiger partial charge >= 0.3 is 0 Å². The third-order valence-electron chi connectivity index (χ3n) is 2.44. The van der Waals surface area contributed by atoms with Crippen LogP contribution in [0.3, 0.4) is 0 Å². The second kappa shape index (κ2) is 3.56. The van der Waals surface area contributed by atoms with E-state index in [1.807, 2.05) is 0 Å². The van der Waals surface area contributed by atoms with E-state index in [9.17, 15) is 0 Å². The zero-order valence-electron chi connectivity index (χ0n) is 6.93. The average Bonchev–Trinajstić information content (AvgIpc) is 2.56. The van der Waals surface area contributed by atoms with E-state index in [4.69, 9.17) is 16.7 Å². The van der Waals surface area contributed by atoms with Crippen LogP contribution in [0.25, 0.3) is 0 Å². The van der Waals surface area contributed by atoms with Crippen molar-refractivity contribution in [2.75, 3.05) is 6.61 Å². The van der Waals surface area contributed by atoms with Gasteiger partial charge in [0, 0.05) is 12.8 Å². The Labute approximate surface area is 90.1 Å². The van der Waals surface area contributed by atoms with Gasteiger partial charge < -0.3 is 5.11 Å². The van der Waals surface area contributed by atoms with Crippen molar-refractivity contribution < 1.29 is 5.11 Å². The van der Waals surface area contributed by atoms with Gasteiger partial charge in [0.05, 0.1) is 5.02 Å². The molecular weight excluding hydrogens is 253 g/mol. The lowest BCUT2D eigenvalue weighted by atomic mass is 10.1. The molecule has 1 aliphatic rings. The fraction of sp³-hybridized carbons (Fsp3) is 0.444. The van der Waals surface area contributed by atoms with Crippen LogP contribution in [-0.2, 0) is 12.8 Å². The first-order valence-corrected chi connectivity index (χ1v) is 5.32. The number of hydrogen-bond acceptors (Lipinski definition) is 2. The Hall–Kier alpha value is -0.120. The van der Waals surface area contributed by atoms with Crippen LogP contribution >= 0.6 is 27.5 Å². The molecule has 1 aliphatic carbocycles.